The lowest BCUT2D eigenvalue weighted by atomic mass is 10.1. The van der Waals surface area contributed by atoms with Gasteiger partial charge in [0.05, 0.1) is 19.7 Å². The van der Waals surface area contributed by atoms with Gasteiger partial charge in [-0.1, -0.05) is 12.1 Å². The van der Waals surface area contributed by atoms with Gasteiger partial charge in [-0.05, 0) is 17.2 Å². The van der Waals surface area contributed by atoms with Crippen molar-refractivity contribution < 1.29 is 27.8 Å². The van der Waals surface area contributed by atoms with Crippen LogP contribution in [0.25, 0.3) is 0 Å². The highest BCUT2D eigenvalue weighted by Crippen LogP contribution is 2.27. The number of ether oxygens (including phenoxy) is 1. The van der Waals surface area contributed by atoms with Gasteiger partial charge in [-0.15, -0.1) is 0 Å². The van der Waals surface area contributed by atoms with E-state index in [2.05, 4.69) is 0 Å². The minimum atomic E-state index is -4.42. The van der Waals surface area contributed by atoms with Crippen LogP contribution in [-0.2, 0) is 17.8 Å². The topological polar surface area (TPSA) is 49.8 Å². The van der Waals surface area contributed by atoms with Gasteiger partial charge in [-0.25, -0.2) is 0 Å². The van der Waals surface area contributed by atoms with Gasteiger partial charge >= 0.3 is 12.1 Å². The van der Waals surface area contributed by atoms with Crippen molar-refractivity contribution in [2.45, 2.75) is 19.1 Å². The molecule has 20 heavy (non-hydrogen) atoms. The molecular formula is C13H14F3NO3. The SMILES string of the molecule is O=C(O)CN(Cc1ccc2c(c1)CCO2)CC(F)(F)F. The van der Waals surface area contributed by atoms with E-state index in [0.29, 0.717) is 12.2 Å². The van der Waals surface area contributed by atoms with Crippen LogP contribution in [0.5, 0.6) is 5.75 Å². The molecule has 0 saturated carbocycles. The molecule has 0 atom stereocenters. The molecule has 7 heteroatoms. The summed E-state index contributed by atoms with van der Waals surface area (Å²) in [7, 11) is 0. The zero-order valence-corrected chi connectivity index (χ0v) is 10.6. The highest BCUT2D eigenvalue weighted by atomic mass is 19.4. The van der Waals surface area contributed by atoms with Crippen molar-refractivity contribution in [1.82, 2.24) is 4.90 Å². The highest BCUT2D eigenvalue weighted by Gasteiger charge is 2.31. The smallest absolute Gasteiger partial charge is 0.401 e. The average Bonchev–Trinajstić information content (AvgIpc) is 2.72. The number of carboxylic acid groups (broad SMARTS) is 1. The maximum absolute atomic E-state index is 12.4. The third kappa shape index (κ3) is 4.12. The summed E-state index contributed by atoms with van der Waals surface area (Å²) in [6, 6.07) is 5.15. The van der Waals surface area contributed by atoms with E-state index in [-0.39, 0.29) is 6.54 Å². The normalized spacial score (nSPS) is 14.2. The molecule has 110 valence electrons. The summed E-state index contributed by atoms with van der Waals surface area (Å²) in [6.07, 6.45) is -3.70. The van der Waals surface area contributed by atoms with Crippen LogP contribution in [0.1, 0.15) is 11.1 Å². The van der Waals surface area contributed by atoms with Crippen molar-refractivity contribution >= 4 is 5.97 Å². The number of carbonyl (C=O) groups is 1. The predicted octanol–water partition coefficient (Wildman–Crippen LogP) is 2.07. The fourth-order valence-corrected chi connectivity index (χ4v) is 2.21. The first-order valence-electron chi connectivity index (χ1n) is 6.09. The molecule has 2 rings (SSSR count). The lowest BCUT2D eigenvalue weighted by Crippen LogP contribution is -2.37. The van der Waals surface area contributed by atoms with Crippen molar-refractivity contribution in [3.8, 4) is 5.75 Å². The van der Waals surface area contributed by atoms with Crippen LogP contribution in [0.15, 0.2) is 18.2 Å². The second-order valence-electron chi connectivity index (χ2n) is 4.69. The second-order valence-corrected chi connectivity index (χ2v) is 4.69. The lowest BCUT2D eigenvalue weighted by Gasteiger charge is -2.22. The van der Waals surface area contributed by atoms with Gasteiger partial charge in [0.2, 0.25) is 0 Å². The Morgan fingerprint density at radius 3 is 2.80 bits per heavy atom. The van der Waals surface area contributed by atoms with Crippen LogP contribution >= 0.6 is 0 Å². The first kappa shape index (κ1) is 14.6. The zero-order chi connectivity index (χ0) is 14.8. The van der Waals surface area contributed by atoms with E-state index in [4.69, 9.17) is 9.84 Å². The molecule has 0 aromatic heterocycles. The van der Waals surface area contributed by atoms with Gasteiger partial charge in [-0.2, -0.15) is 13.2 Å². The summed E-state index contributed by atoms with van der Waals surface area (Å²) in [5.41, 5.74) is 1.60. The Bertz CT molecular complexity index is 502. The van der Waals surface area contributed by atoms with E-state index in [0.717, 1.165) is 22.6 Å². The summed E-state index contributed by atoms with van der Waals surface area (Å²) in [4.78, 5) is 11.5. The Kier molecular flexibility index (Phi) is 4.17. The van der Waals surface area contributed by atoms with E-state index in [1.54, 1.807) is 18.2 Å². The van der Waals surface area contributed by atoms with Crippen LogP contribution in [0.3, 0.4) is 0 Å². The van der Waals surface area contributed by atoms with Gasteiger partial charge in [0, 0.05) is 13.0 Å². The minimum Gasteiger partial charge on any atom is -0.493 e. The Labute approximate surface area is 113 Å². The third-order valence-electron chi connectivity index (χ3n) is 2.92. The number of halogens is 3. The van der Waals surface area contributed by atoms with Crippen LogP contribution in [0, 0.1) is 0 Å². The quantitative estimate of drug-likeness (QED) is 0.901. The number of benzene rings is 1. The molecule has 0 amide bonds. The van der Waals surface area contributed by atoms with Crippen LogP contribution in [0.2, 0.25) is 0 Å². The Morgan fingerprint density at radius 2 is 2.15 bits per heavy atom. The monoisotopic (exact) mass is 289 g/mol. The zero-order valence-electron chi connectivity index (χ0n) is 10.6. The van der Waals surface area contributed by atoms with Crippen molar-refractivity contribution in [3.05, 3.63) is 29.3 Å². The first-order valence-corrected chi connectivity index (χ1v) is 6.09. The average molecular weight is 289 g/mol. The molecule has 1 aliphatic rings. The third-order valence-corrected chi connectivity index (χ3v) is 2.92. The van der Waals surface area contributed by atoms with Gasteiger partial charge in [0.25, 0.3) is 0 Å². The van der Waals surface area contributed by atoms with Crippen LogP contribution in [-0.4, -0.2) is 41.8 Å². The summed E-state index contributed by atoms with van der Waals surface area (Å²) >= 11 is 0. The summed E-state index contributed by atoms with van der Waals surface area (Å²) in [5.74, 6) is -0.534. The van der Waals surface area contributed by atoms with Gasteiger partial charge in [-0.3, -0.25) is 9.69 Å². The fourth-order valence-electron chi connectivity index (χ4n) is 2.21. The maximum atomic E-state index is 12.4. The molecule has 0 saturated heterocycles. The summed E-state index contributed by atoms with van der Waals surface area (Å²) in [5, 5.41) is 8.68. The lowest BCUT2D eigenvalue weighted by molar-refractivity contribution is -0.154. The van der Waals surface area contributed by atoms with Crippen LogP contribution in [0.4, 0.5) is 13.2 Å². The Morgan fingerprint density at radius 1 is 1.40 bits per heavy atom. The molecule has 1 aromatic carbocycles. The molecule has 0 spiro atoms. The number of carboxylic acids is 1. The number of hydrogen-bond acceptors (Lipinski definition) is 3. The molecule has 0 aliphatic carbocycles. The van der Waals surface area contributed by atoms with Gasteiger partial charge in [0.1, 0.15) is 5.75 Å². The van der Waals surface area contributed by atoms with Crippen LogP contribution < -0.4 is 4.74 Å². The molecular weight excluding hydrogens is 275 g/mol. The van der Waals surface area contributed by atoms with Crippen molar-refractivity contribution in [3.63, 3.8) is 0 Å². The van der Waals surface area contributed by atoms with Crippen molar-refractivity contribution in [1.29, 1.82) is 0 Å². The number of rotatable bonds is 5. The standard InChI is InChI=1S/C13H14F3NO3/c14-13(15,16)8-17(7-12(18)19)6-9-1-2-11-10(5-9)3-4-20-11/h1-2,5H,3-4,6-8H2,(H,18,19). The van der Waals surface area contributed by atoms with Crippen molar-refractivity contribution in [2.24, 2.45) is 0 Å². The van der Waals surface area contributed by atoms with E-state index in [9.17, 15) is 18.0 Å². The number of alkyl halides is 3. The molecule has 0 unspecified atom stereocenters. The number of nitrogens with zero attached hydrogens (tertiary/aromatic N) is 1. The number of aliphatic carboxylic acids is 1. The van der Waals surface area contributed by atoms with E-state index in [1.807, 2.05) is 0 Å². The molecule has 1 aromatic rings. The van der Waals surface area contributed by atoms with E-state index in [1.165, 1.54) is 0 Å². The maximum Gasteiger partial charge on any atom is 0.401 e. The molecule has 1 N–H and O–H groups in total. The molecule has 4 nitrogen and oxygen atoms in total. The molecule has 0 fully saturated rings. The Balaban J connectivity index is 2.08. The van der Waals surface area contributed by atoms with E-state index < -0.39 is 25.2 Å². The molecule has 0 radical (unpaired) electrons. The molecule has 1 heterocycles. The number of hydrogen-bond donors (Lipinski definition) is 1. The highest BCUT2D eigenvalue weighted by molar-refractivity contribution is 5.69. The van der Waals surface area contributed by atoms with Gasteiger partial charge < -0.3 is 9.84 Å². The largest absolute Gasteiger partial charge is 0.493 e. The second kappa shape index (κ2) is 5.70. The summed E-state index contributed by atoms with van der Waals surface area (Å²) in [6.45, 7) is -1.38. The number of fused-ring (bicyclic) bond motifs is 1. The van der Waals surface area contributed by atoms with Gasteiger partial charge in [0.15, 0.2) is 0 Å². The Hall–Kier alpha value is -1.76. The van der Waals surface area contributed by atoms with Crippen molar-refractivity contribution in [2.75, 3.05) is 19.7 Å². The minimum absolute atomic E-state index is 0.0565. The first-order chi connectivity index (χ1) is 9.33. The summed E-state index contributed by atoms with van der Waals surface area (Å²) < 4.78 is 42.6. The molecule has 1 aliphatic heterocycles. The molecule has 0 bridgehead atoms. The van der Waals surface area contributed by atoms with E-state index >= 15 is 0 Å². The predicted molar refractivity (Wildman–Crippen MR) is 64.6 cm³/mol. The fraction of sp³-hybridized carbons (Fsp3) is 0.462.